The summed E-state index contributed by atoms with van der Waals surface area (Å²) < 4.78 is 6.10. The molecular formula is C36H22O. The van der Waals surface area contributed by atoms with Crippen molar-refractivity contribution in [3.05, 3.63) is 133 Å². The SMILES string of the molecule is c1ccc(-c2cc3ccc4ccccc4c3c3ccccc23)c(-c2ccc3oc4ccccc4c3c2)c1. The topological polar surface area (TPSA) is 13.1 Å². The first kappa shape index (κ1) is 20.3. The van der Waals surface area contributed by atoms with Gasteiger partial charge >= 0.3 is 0 Å². The van der Waals surface area contributed by atoms with Crippen LogP contribution >= 0.6 is 0 Å². The van der Waals surface area contributed by atoms with E-state index in [9.17, 15) is 0 Å². The largest absolute Gasteiger partial charge is 0.456 e. The molecule has 0 aliphatic carbocycles. The van der Waals surface area contributed by atoms with Gasteiger partial charge in [-0.3, -0.25) is 0 Å². The summed E-state index contributed by atoms with van der Waals surface area (Å²) in [6, 6.07) is 48.0. The Labute approximate surface area is 214 Å². The Hall–Kier alpha value is -4.88. The minimum Gasteiger partial charge on any atom is -0.456 e. The number of fused-ring (bicyclic) bond motifs is 8. The van der Waals surface area contributed by atoms with E-state index in [0.29, 0.717) is 0 Å². The summed E-state index contributed by atoms with van der Waals surface area (Å²) in [5, 5.41) is 10.0. The molecule has 8 rings (SSSR count). The molecule has 0 aliphatic heterocycles. The van der Waals surface area contributed by atoms with E-state index in [4.69, 9.17) is 4.42 Å². The molecule has 1 heterocycles. The lowest BCUT2D eigenvalue weighted by atomic mass is 9.87. The second-order valence-corrected chi connectivity index (χ2v) is 9.71. The highest BCUT2D eigenvalue weighted by Crippen LogP contribution is 2.42. The van der Waals surface area contributed by atoms with Gasteiger partial charge in [0.2, 0.25) is 0 Å². The maximum atomic E-state index is 6.10. The van der Waals surface area contributed by atoms with E-state index in [1.54, 1.807) is 0 Å². The van der Waals surface area contributed by atoms with Gasteiger partial charge in [0, 0.05) is 10.8 Å². The lowest BCUT2D eigenvalue weighted by molar-refractivity contribution is 0.669. The van der Waals surface area contributed by atoms with Gasteiger partial charge in [-0.1, -0.05) is 109 Å². The predicted molar refractivity (Wildman–Crippen MR) is 157 cm³/mol. The summed E-state index contributed by atoms with van der Waals surface area (Å²) in [4.78, 5) is 0. The fourth-order valence-corrected chi connectivity index (χ4v) is 5.96. The lowest BCUT2D eigenvalue weighted by Gasteiger charge is -2.16. The van der Waals surface area contributed by atoms with Gasteiger partial charge < -0.3 is 4.42 Å². The summed E-state index contributed by atoms with van der Waals surface area (Å²) in [5.74, 6) is 0. The van der Waals surface area contributed by atoms with Crippen molar-refractivity contribution in [1.82, 2.24) is 0 Å². The number of para-hydroxylation sites is 1. The van der Waals surface area contributed by atoms with E-state index in [1.165, 1.54) is 54.6 Å². The van der Waals surface area contributed by atoms with E-state index in [-0.39, 0.29) is 0 Å². The molecule has 0 saturated carbocycles. The van der Waals surface area contributed by atoms with Gasteiger partial charge in [-0.2, -0.15) is 0 Å². The number of hydrogen-bond donors (Lipinski definition) is 0. The van der Waals surface area contributed by atoms with Crippen LogP contribution in [0.15, 0.2) is 138 Å². The number of rotatable bonds is 2. The minimum atomic E-state index is 0.922. The molecule has 1 aromatic heterocycles. The fraction of sp³-hybridized carbons (Fsp3) is 0. The molecule has 0 aliphatic rings. The smallest absolute Gasteiger partial charge is 0.135 e. The van der Waals surface area contributed by atoms with Crippen LogP contribution in [0.1, 0.15) is 0 Å². The molecule has 0 bridgehead atoms. The monoisotopic (exact) mass is 470 g/mol. The maximum Gasteiger partial charge on any atom is 0.135 e. The summed E-state index contributed by atoms with van der Waals surface area (Å²) in [6.45, 7) is 0. The molecule has 0 radical (unpaired) electrons. The van der Waals surface area contributed by atoms with E-state index in [2.05, 4.69) is 121 Å². The molecule has 0 fully saturated rings. The summed E-state index contributed by atoms with van der Waals surface area (Å²) >= 11 is 0. The van der Waals surface area contributed by atoms with Gasteiger partial charge in [-0.15, -0.1) is 0 Å². The molecule has 0 amide bonds. The average Bonchev–Trinajstić information content (AvgIpc) is 3.34. The number of hydrogen-bond acceptors (Lipinski definition) is 1. The molecule has 37 heavy (non-hydrogen) atoms. The second kappa shape index (κ2) is 7.81. The molecule has 1 nitrogen and oxygen atoms in total. The minimum absolute atomic E-state index is 0.922. The van der Waals surface area contributed by atoms with Gasteiger partial charge in [0.25, 0.3) is 0 Å². The summed E-state index contributed by atoms with van der Waals surface area (Å²) in [6.07, 6.45) is 0. The van der Waals surface area contributed by atoms with Crippen LogP contribution in [0.4, 0.5) is 0 Å². The van der Waals surface area contributed by atoms with Gasteiger partial charge in [0.15, 0.2) is 0 Å². The van der Waals surface area contributed by atoms with Crippen molar-refractivity contribution >= 4 is 54.3 Å². The Morgan fingerprint density at radius 1 is 0.351 bits per heavy atom. The zero-order valence-electron chi connectivity index (χ0n) is 20.1. The predicted octanol–water partition coefficient (Wildman–Crippen LogP) is 10.4. The third-order valence-corrected chi connectivity index (χ3v) is 7.65. The quantitative estimate of drug-likeness (QED) is 0.229. The average molecular weight is 471 g/mol. The van der Waals surface area contributed by atoms with Gasteiger partial charge in [-0.05, 0) is 78.8 Å². The highest BCUT2D eigenvalue weighted by Gasteiger charge is 2.15. The Bertz CT molecular complexity index is 2140. The van der Waals surface area contributed by atoms with Gasteiger partial charge in [0.1, 0.15) is 11.2 Å². The van der Waals surface area contributed by atoms with E-state index in [0.717, 1.165) is 21.9 Å². The van der Waals surface area contributed by atoms with Crippen molar-refractivity contribution in [3.63, 3.8) is 0 Å². The van der Waals surface area contributed by atoms with Crippen molar-refractivity contribution in [2.24, 2.45) is 0 Å². The summed E-state index contributed by atoms with van der Waals surface area (Å²) in [7, 11) is 0. The normalized spacial score (nSPS) is 11.8. The van der Waals surface area contributed by atoms with Crippen LogP contribution in [0.2, 0.25) is 0 Å². The third kappa shape index (κ3) is 3.04. The fourth-order valence-electron chi connectivity index (χ4n) is 5.96. The van der Waals surface area contributed by atoms with Crippen molar-refractivity contribution in [2.45, 2.75) is 0 Å². The Morgan fingerprint density at radius 2 is 1.00 bits per heavy atom. The van der Waals surface area contributed by atoms with Crippen molar-refractivity contribution in [3.8, 4) is 22.3 Å². The number of furan rings is 1. The maximum absolute atomic E-state index is 6.10. The molecule has 172 valence electrons. The van der Waals surface area contributed by atoms with Gasteiger partial charge in [0.05, 0.1) is 0 Å². The van der Waals surface area contributed by atoms with Crippen LogP contribution in [-0.4, -0.2) is 0 Å². The Kier molecular flexibility index (Phi) is 4.29. The van der Waals surface area contributed by atoms with E-state index in [1.807, 2.05) is 12.1 Å². The lowest BCUT2D eigenvalue weighted by Crippen LogP contribution is -1.89. The molecule has 0 N–H and O–H groups in total. The Balaban J connectivity index is 1.43. The van der Waals surface area contributed by atoms with E-state index < -0.39 is 0 Å². The molecule has 0 atom stereocenters. The molecule has 8 aromatic rings. The van der Waals surface area contributed by atoms with Gasteiger partial charge in [-0.25, -0.2) is 0 Å². The highest BCUT2D eigenvalue weighted by atomic mass is 16.3. The molecule has 0 saturated heterocycles. The molecule has 0 unspecified atom stereocenters. The van der Waals surface area contributed by atoms with Crippen LogP contribution < -0.4 is 0 Å². The third-order valence-electron chi connectivity index (χ3n) is 7.65. The highest BCUT2D eigenvalue weighted by molar-refractivity contribution is 6.23. The first-order valence-corrected chi connectivity index (χ1v) is 12.7. The molecule has 7 aromatic carbocycles. The van der Waals surface area contributed by atoms with Crippen LogP contribution in [0.25, 0.3) is 76.5 Å². The zero-order chi connectivity index (χ0) is 24.3. The second-order valence-electron chi connectivity index (χ2n) is 9.71. The van der Waals surface area contributed by atoms with Crippen LogP contribution in [-0.2, 0) is 0 Å². The first-order chi connectivity index (χ1) is 18.3. The zero-order valence-corrected chi connectivity index (χ0v) is 20.1. The van der Waals surface area contributed by atoms with Crippen LogP contribution in [0.5, 0.6) is 0 Å². The standard InChI is InChI=1S/C36H22O/c1-2-11-27-23(9-1)17-18-25-22-32(29-13-5-6-15-31(29)36(25)27)28-12-4-3-10-26(28)24-19-20-35-33(21-24)30-14-7-8-16-34(30)37-35/h1-22H. The molecule has 0 spiro atoms. The van der Waals surface area contributed by atoms with Crippen molar-refractivity contribution in [2.75, 3.05) is 0 Å². The Morgan fingerprint density at radius 3 is 1.89 bits per heavy atom. The summed E-state index contributed by atoms with van der Waals surface area (Å²) in [5.41, 5.74) is 6.76. The first-order valence-electron chi connectivity index (χ1n) is 12.7. The van der Waals surface area contributed by atoms with E-state index >= 15 is 0 Å². The number of benzene rings is 7. The van der Waals surface area contributed by atoms with Crippen LogP contribution in [0.3, 0.4) is 0 Å². The molecule has 1 heteroatoms. The van der Waals surface area contributed by atoms with Crippen molar-refractivity contribution < 1.29 is 4.42 Å². The van der Waals surface area contributed by atoms with Crippen molar-refractivity contribution in [1.29, 1.82) is 0 Å². The van der Waals surface area contributed by atoms with Crippen LogP contribution in [0, 0.1) is 0 Å². The molecular weight excluding hydrogens is 448 g/mol.